The lowest BCUT2D eigenvalue weighted by molar-refractivity contribution is 0.547. The molecule has 1 aliphatic rings. The fourth-order valence-electron chi connectivity index (χ4n) is 2.01. The highest BCUT2D eigenvalue weighted by Crippen LogP contribution is 2.21. The van der Waals surface area contributed by atoms with E-state index in [1.807, 2.05) is 4.90 Å². The second-order valence-electron chi connectivity index (χ2n) is 4.34. The minimum atomic E-state index is -0.325. The molecule has 1 aromatic heterocycles. The van der Waals surface area contributed by atoms with Gasteiger partial charge < -0.3 is 10.2 Å². The summed E-state index contributed by atoms with van der Waals surface area (Å²) in [5.41, 5.74) is 0. The Labute approximate surface area is 101 Å². The number of rotatable bonds is 4. The number of nitrogens with zero attached hydrogens (tertiary/aromatic N) is 3. The largest absolute Gasteiger partial charge is 0.354 e. The predicted octanol–water partition coefficient (Wildman–Crippen LogP) is 2.43. The Bertz CT molecular complexity index is 364. The Kier molecular flexibility index (Phi) is 4.12. The lowest BCUT2D eigenvalue weighted by Gasteiger charge is -2.28. The van der Waals surface area contributed by atoms with Gasteiger partial charge in [-0.2, -0.15) is 4.98 Å². The van der Waals surface area contributed by atoms with Crippen LogP contribution in [0.5, 0.6) is 0 Å². The summed E-state index contributed by atoms with van der Waals surface area (Å²) in [7, 11) is 0. The molecule has 2 rings (SSSR count). The quantitative estimate of drug-likeness (QED) is 0.874. The number of halogens is 1. The van der Waals surface area contributed by atoms with Crippen molar-refractivity contribution in [1.29, 1.82) is 0 Å². The van der Waals surface area contributed by atoms with Crippen molar-refractivity contribution in [3.63, 3.8) is 0 Å². The highest BCUT2D eigenvalue weighted by Gasteiger charge is 2.17. The van der Waals surface area contributed by atoms with Crippen LogP contribution < -0.4 is 10.2 Å². The molecule has 0 spiro atoms. The lowest BCUT2D eigenvalue weighted by Crippen LogP contribution is -2.31. The van der Waals surface area contributed by atoms with E-state index in [-0.39, 0.29) is 5.82 Å². The van der Waals surface area contributed by atoms with Crippen LogP contribution in [0, 0.1) is 5.82 Å². The molecule has 0 unspecified atom stereocenters. The van der Waals surface area contributed by atoms with Crippen LogP contribution in [0.25, 0.3) is 0 Å². The Hall–Kier alpha value is -1.39. The molecule has 0 atom stereocenters. The van der Waals surface area contributed by atoms with Crippen LogP contribution in [0.4, 0.5) is 16.2 Å². The molecule has 5 heteroatoms. The molecule has 4 nitrogen and oxygen atoms in total. The first-order chi connectivity index (χ1) is 8.31. The van der Waals surface area contributed by atoms with Gasteiger partial charge >= 0.3 is 0 Å². The average Bonchev–Trinajstić information content (AvgIpc) is 2.39. The van der Waals surface area contributed by atoms with Crippen LogP contribution >= 0.6 is 0 Å². The van der Waals surface area contributed by atoms with Crippen LogP contribution in [0.15, 0.2) is 6.20 Å². The van der Waals surface area contributed by atoms with Gasteiger partial charge in [-0.3, -0.25) is 0 Å². The summed E-state index contributed by atoms with van der Waals surface area (Å²) in [6.07, 6.45) is 5.71. The fraction of sp³-hybridized carbons (Fsp3) is 0.667. The van der Waals surface area contributed by atoms with Gasteiger partial charge in [0, 0.05) is 19.6 Å². The topological polar surface area (TPSA) is 41.1 Å². The first-order valence-electron chi connectivity index (χ1n) is 6.32. The van der Waals surface area contributed by atoms with E-state index in [1.54, 1.807) is 0 Å². The molecule has 94 valence electrons. The second-order valence-corrected chi connectivity index (χ2v) is 4.34. The van der Waals surface area contributed by atoms with E-state index in [1.165, 1.54) is 12.6 Å². The molecule has 0 aromatic carbocycles. The maximum Gasteiger partial charge on any atom is 0.224 e. The lowest BCUT2D eigenvalue weighted by atomic mass is 10.1. The Morgan fingerprint density at radius 3 is 2.82 bits per heavy atom. The molecule has 0 radical (unpaired) electrons. The van der Waals surface area contributed by atoms with Gasteiger partial charge in [0.1, 0.15) is 0 Å². The first-order valence-corrected chi connectivity index (χ1v) is 6.32. The summed E-state index contributed by atoms with van der Waals surface area (Å²) in [4.78, 5) is 10.2. The van der Waals surface area contributed by atoms with Crippen molar-refractivity contribution >= 4 is 11.8 Å². The number of nitrogens with one attached hydrogen (secondary N) is 1. The molecule has 2 heterocycles. The Balaban J connectivity index is 2.13. The smallest absolute Gasteiger partial charge is 0.224 e. The van der Waals surface area contributed by atoms with Gasteiger partial charge in [-0.25, -0.2) is 9.37 Å². The van der Waals surface area contributed by atoms with Gasteiger partial charge in [-0.1, -0.05) is 6.92 Å². The van der Waals surface area contributed by atoms with Gasteiger partial charge in [-0.15, -0.1) is 0 Å². The number of piperidine rings is 1. The molecule has 17 heavy (non-hydrogen) atoms. The molecule has 1 fully saturated rings. The fourth-order valence-corrected chi connectivity index (χ4v) is 2.01. The summed E-state index contributed by atoms with van der Waals surface area (Å²) in [6, 6.07) is 0. The van der Waals surface area contributed by atoms with Crippen LogP contribution in [-0.4, -0.2) is 29.6 Å². The van der Waals surface area contributed by atoms with Crippen molar-refractivity contribution in [2.45, 2.75) is 32.6 Å². The van der Waals surface area contributed by atoms with E-state index in [9.17, 15) is 4.39 Å². The van der Waals surface area contributed by atoms with Crippen molar-refractivity contribution in [1.82, 2.24) is 9.97 Å². The second kappa shape index (κ2) is 5.80. The molecule has 1 aromatic rings. The molecule has 1 N–H and O–H groups in total. The first kappa shape index (κ1) is 12.1. The minimum absolute atomic E-state index is 0.325. The van der Waals surface area contributed by atoms with Gasteiger partial charge in [0.2, 0.25) is 5.95 Å². The SMILES string of the molecule is CCCNc1ncc(F)c(N2CCCCC2)n1. The van der Waals surface area contributed by atoms with E-state index in [0.717, 1.165) is 38.9 Å². The maximum atomic E-state index is 13.7. The van der Waals surface area contributed by atoms with Crippen LogP contribution in [-0.2, 0) is 0 Å². The van der Waals surface area contributed by atoms with E-state index >= 15 is 0 Å². The van der Waals surface area contributed by atoms with Gasteiger partial charge in [0.15, 0.2) is 11.6 Å². The summed E-state index contributed by atoms with van der Waals surface area (Å²) in [6.45, 7) is 4.66. The van der Waals surface area contributed by atoms with E-state index in [4.69, 9.17) is 0 Å². The van der Waals surface area contributed by atoms with Gasteiger partial charge in [0.05, 0.1) is 6.20 Å². The number of hydrogen-bond donors (Lipinski definition) is 1. The zero-order valence-corrected chi connectivity index (χ0v) is 10.2. The molecular weight excluding hydrogens is 219 g/mol. The maximum absolute atomic E-state index is 13.7. The molecule has 0 bridgehead atoms. The van der Waals surface area contributed by atoms with E-state index in [2.05, 4.69) is 22.2 Å². The van der Waals surface area contributed by atoms with Crippen molar-refractivity contribution in [3.05, 3.63) is 12.0 Å². The average molecular weight is 238 g/mol. The van der Waals surface area contributed by atoms with Crippen molar-refractivity contribution in [2.75, 3.05) is 29.9 Å². The summed E-state index contributed by atoms with van der Waals surface area (Å²) >= 11 is 0. The summed E-state index contributed by atoms with van der Waals surface area (Å²) in [5.74, 6) is 0.640. The van der Waals surface area contributed by atoms with Crippen LogP contribution in [0.3, 0.4) is 0 Å². The monoisotopic (exact) mass is 238 g/mol. The predicted molar refractivity (Wildman–Crippen MR) is 66.8 cm³/mol. The third kappa shape index (κ3) is 3.05. The molecule has 0 amide bonds. The standard InChI is InChI=1S/C12H19FN4/c1-2-6-14-12-15-9-10(13)11(16-12)17-7-4-3-5-8-17/h9H,2-8H2,1H3,(H,14,15,16). The molecule has 0 aliphatic carbocycles. The summed E-state index contributed by atoms with van der Waals surface area (Å²) < 4.78 is 13.7. The zero-order chi connectivity index (χ0) is 12.1. The van der Waals surface area contributed by atoms with Gasteiger partial charge in [-0.05, 0) is 25.7 Å². The molecule has 1 aliphatic heterocycles. The third-order valence-electron chi connectivity index (χ3n) is 2.91. The summed E-state index contributed by atoms with van der Waals surface area (Å²) in [5, 5.41) is 3.09. The van der Waals surface area contributed by atoms with E-state index in [0.29, 0.717) is 11.8 Å². The van der Waals surface area contributed by atoms with Gasteiger partial charge in [0.25, 0.3) is 0 Å². The van der Waals surface area contributed by atoms with E-state index < -0.39 is 0 Å². The third-order valence-corrected chi connectivity index (χ3v) is 2.91. The number of hydrogen-bond acceptors (Lipinski definition) is 4. The molecular formula is C12H19FN4. The van der Waals surface area contributed by atoms with Crippen molar-refractivity contribution < 1.29 is 4.39 Å². The number of aromatic nitrogens is 2. The number of anilines is 2. The molecule has 1 saturated heterocycles. The normalized spacial score (nSPS) is 16.0. The highest BCUT2D eigenvalue weighted by atomic mass is 19.1. The highest BCUT2D eigenvalue weighted by molar-refractivity contribution is 5.44. The minimum Gasteiger partial charge on any atom is -0.354 e. The van der Waals surface area contributed by atoms with Crippen LogP contribution in [0.1, 0.15) is 32.6 Å². The van der Waals surface area contributed by atoms with Crippen LogP contribution in [0.2, 0.25) is 0 Å². The Morgan fingerprint density at radius 2 is 2.12 bits per heavy atom. The Morgan fingerprint density at radius 1 is 1.35 bits per heavy atom. The van der Waals surface area contributed by atoms with Crippen molar-refractivity contribution in [3.8, 4) is 0 Å². The molecule has 0 saturated carbocycles. The zero-order valence-electron chi connectivity index (χ0n) is 10.2. The van der Waals surface area contributed by atoms with Crippen molar-refractivity contribution in [2.24, 2.45) is 0 Å².